The molecule has 0 radical (unpaired) electrons. The van der Waals surface area contributed by atoms with Crippen molar-refractivity contribution in [1.82, 2.24) is 0 Å². The first-order valence-electron chi connectivity index (χ1n) is 9.59. The quantitative estimate of drug-likeness (QED) is 0.450. The molecule has 160 valence electrons. The van der Waals surface area contributed by atoms with Crippen molar-refractivity contribution in [3.05, 3.63) is 47.0 Å². The minimum atomic E-state index is -1.62. The molecular formula is C22H30O7. The first-order valence-corrected chi connectivity index (χ1v) is 9.59. The van der Waals surface area contributed by atoms with E-state index in [0.29, 0.717) is 31.3 Å². The Hall–Kier alpha value is -2.22. The summed E-state index contributed by atoms with van der Waals surface area (Å²) in [5.41, 5.74) is -0.212. The molecule has 4 atom stereocenters. The van der Waals surface area contributed by atoms with Crippen LogP contribution in [0.15, 0.2) is 34.3 Å². The number of aliphatic hydroxyl groups excluding tert-OH is 1. The van der Waals surface area contributed by atoms with E-state index in [9.17, 15) is 19.8 Å². The molecule has 2 heterocycles. The van der Waals surface area contributed by atoms with Crippen LogP contribution >= 0.6 is 0 Å². The van der Waals surface area contributed by atoms with Crippen LogP contribution < -0.4 is 0 Å². The Labute approximate surface area is 171 Å². The van der Waals surface area contributed by atoms with Crippen LogP contribution in [0.3, 0.4) is 0 Å². The molecule has 7 nitrogen and oxygen atoms in total. The standard InChI is InChI=1S/C22H30O7/c1-13(2)15-6-7-16(24)8-14(12-23)11-22(3,26)20(27-4)19-10-17(21(25)28-5)18(9-15)29-19/h10-12,15-16,20,24,26H,1,6-9H2,2-5H3/b14-11+/t15?,16-,20+,22+/m1/s1. The average Bonchev–Trinajstić information content (AvgIpc) is 3.06. The van der Waals surface area contributed by atoms with Gasteiger partial charge in [0.05, 0.1) is 13.2 Å². The highest BCUT2D eigenvalue weighted by molar-refractivity contribution is 5.90. The largest absolute Gasteiger partial charge is 0.465 e. The van der Waals surface area contributed by atoms with E-state index >= 15 is 0 Å². The van der Waals surface area contributed by atoms with Crippen molar-refractivity contribution in [3.8, 4) is 0 Å². The van der Waals surface area contributed by atoms with Crippen LogP contribution in [-0.4, -0.2) is 48.4 Å². The van der Waals surface area contributed by atoms with Crippen molar-refractivity contribution in [2.75, 3.05) is 14.2 Å². The zero-order valence-corrected chi connectivity index (χ0v) is 17.4. The van der Waals surface area contributed by atoms with E-state index in [1.165, 1.54) is 33.3 Å². The number of allylic oxidation sites excluding steroid dienone is 1. The molecular weight excluding hydrogens is 376 g/mol. The van der Waals surface area contributed by atoms with Crippen LogP contribution in [0, 0.1) is 5.92 Å². The van der Waals surface area contributed by atoms with Gasteiger partial charge in [0.2, 0.25) is 0 Å². The number of rotatable bonds is 4. The van der Waals surface area contributed by atoms with Crippen LogP contribution in [0.4, 0.5) is 0 Å². The molecule has 1 aliphatic rings. The summed E-state index contributed by atoms with van der Waals surface area (Å²) in [5.74, 6) is 0.0554. The van der Waals surface area contributed by atoms with E-state index in [1.807, 2.05) is 6.92 Å². The maximum absolute atomic E-state index is 12.3. The Balaban J connectivity index is 2.63. The molecule has 0 amide bonds. The van der Waals surface area contributed by atoms with Gasteiger partial charge in [-0.3, -0.25) is 4.79 Å². The van der Waals surface area contributed by atoms with Gasteiger partial charge < -0.3 is 24.1 Å². The van der Waals surface area contributed by atoms with E-state index < -0.39 is 23.8 Å². The van der Waals surface area contributed by atoms with E-state index in [4.69, 9.17) is 13.9 Å². The van der Waals surface area contributed by atoms with Gasteiger partial charge in [-0.15, -0.1) is 0 Å². The minimum absolute atomic E-state index is 0.0435. The number of carbonyl (C=O) groups excluding carboxylic acids is 2. The predicted molar refractivity (Wildman–Crippen MR) is 106 cm³/mol. The molecule has 0 aliphatic carbocycles. The van der Waals surface area contributed by atoms with E-state index in [1.54, 1.807) is 0 Å². The minimum Gasteiger partial charge on any atom is -0.465 e. The molecule has 1 aliphatic heterocycles. The van der Waals surface area contributed by atoms with Crippen LogP contribution in [0.25, 0.3) is 0 Å². The molecule has 1 aromatic heterocycles. The van der Waals surface area contributed by atoms with Crippen LogP contribution in [0.2, 0.25) is 0 Å². The van der Waals surface area contributed by atoms with Crippen LogP contribution in [0.1, 0.15) is 61.1 Å². The van der Waals surface area contributed by atoms with E-state index in [0.717, 1.165) is 5.57 Å². The fourth-order valence-corrected chi connectivity index (χ4v) is 3.76. The van der Waals surface area contributed by atoms with Crippen molar-refractivity contribution in [2.45, 2.75) is 57.3 Å². The number of aliphatic hydroxyl groups is 2. The highest BCUT2D eigenvalue weighted by Crippen LogP contribution is 2.36. The van der Waals surface area contributed by atoms with Crippen molar-refractivity contribution >= 4 is 12.3 Å². The van der Waals surface area contributed by atoms with Gasteiger partial charge in [-0.05, 0) is 50.3 Å². The molecule has 0 aromatic carbocycles. The molecule has 2 rings (SSSR count). The Bertz CT molecular complexity index is 787. The van der Waals surface area contributed by atoms with Gasteiger partial charge >= 0.3 is 5.97 Å². The lowest BCUT2D eigenvalue weighted by atomic mass is 9.87. The first-order chi connectivity index (χ1) is 13.6. The molecule has 0 saturated heterocycles. The molecule has 2 bridgehead atoms. The molecule has 0 spiro atoms. The molecule has 2 N–H and O–H groups in total. The van der Waals surface area contributed by atoms with E-state index in [-0.39, 0.29) is 29.2 Å². The zero-order chi connectivity index (χ0) is 21.8. The smallest absolute Gasteiger partial charge is 0.341 e. The SMILES string of the molecule is C=C(C)C1CC[C@@H](O)C/C(C=O)=C\[C@](C)(O)[C@@H](OC)c2cc(C(=O)OC)c(o2)C1. The van der Waals surface area contributed by atoms with Gasteiger partial charge in [-0.1, -0.05) is 12.2 Å². The molecule has 1 unspecified atom stereocenters. The summed E-state index contributed by atoms with van der Waals surface area (Å²) in [5, 5.41) is 21.4. The summed E-state index contributed by atoms with van der Waals surface area (Å²) in [4.78, 5) is 23.8. The number of fused-ring (bicyclic) bond motifs is 2. The Morgan fingerprint density at radius 3 is 2.59 bits per heavy atom. The number of ether oxygens (including phenoxy) is 2. The Morgan fingerprint density at radius 2 is 2.03 bits per heavy atom. The monoisotopic (exact) mass is 406 g/mol. The van der Waals surface area contributed by atoms with Gasteiger partial charge in [0.1, 0.15) is 35.1 Å². The molecule has 29 heavy (non-hydrogen) atoms. The fourth-order valence-electron chi connectivity index (χ4n) is 3.76. The lowest BCUT2D eigenvalue weighted by Gasteiger charge is -2.28. The lowest BCUT2D eigenvalue weighted by molar-refractivity contribution is -0.105. The predicted octanol–water partition coefficient (Wildman–Crippen LogP) is 2.91. The summed E-state index contributed by atoms with van der Waals surface area (Å²) >= 11 is 0. The van der Waals surface area contributed by atoms with Crippen molar-refractivity contribution in [3.63, 3.8) is 0 Å². The number of carbonyl (C=O) groups is 2. The number of furan rings is 1. The second-order valence-electron chi connectivity index (χ2n) is 7.84. The zero-order valence-electron chi connectivity index (χ0n) is 17.4. The topological polar surface area (TPSA) is 106 Å². The Kier molecular flexibility index (Phi) is 7.57. The van der Waals surface area contributed by atoms with Gasteiger partial charge in [0, 0.05) is 20.0 Å². The second-order valence-corrected chi connectivity index (χ2v) is 7.84. The normalized spacial score (nSPS) is 30.1. The second kappa shape index (κ2) is 9.52. The summed E-state index contributed by atoms with van der Waals surface area (Å²) in [6.45, 7) is 7.39. The highest BCUT2D eigenvalue weighted by Gasteiger charge is 2.37. The fraction of sp³-hybridized carbons (Fsp3) is 0.545. The lowest BCUT2D eigenvalue weighted by Crippen LogP contribution is -2.32. The van der Waals surface area contributed by atoms with Gasteiger partial charge in [-0.25, -0.2) is 4.79 Å². The number of methoxy groups -OCH3 is 2. The van der Waals surface area contributed by atoms with E-state index in [2.05, 4.69) is 6.58 Å². The number of hydrogen-bond donors (Lipinski definition) is 2. The maximum atomic E-state index is 12.3. The summed E-state index contributed by atoms with van der Waals surface area (Å²) in [7, 11) is 2.68. The third kappa shape index (κ3) is 5.44. The van der Waals surface area contributed by atoms with Crippen molar-refractivity contribution in [2.24, 2.45) is 5.92 Å². The van der Waals surface area contributed by atoms with Gasteiger partial charge in [0.15, 0.2) is 0 Å². The van der Waals surface area contributed by atoms with Crippen molar-refractivity contribution < 1.29 is 33.7 Å². The van der Waals surface area contributed by atoms with Crippen LogP contribution in [0.5, 0.6) is 0 Å². The number of aldehydes is 1. The molecule has 1 aromatic rings. The number of hydrogen-bond acceptors (Lipinski definition) is 7. The summed E-state index contributed by atoms with van der Waals surface area (Å²) in [6.07, 6.45) is 1.80. The Morgan fingerprint density at radius 1 is 1.34 bits per heavy atom. The maximum Gasteiger partial charge on any atom is 0.341 e. The molecule has 7 heteroatoms. The highest BCUT2D eigenvalue weighted by atomic mass is 16.5. The molecule has 0 saturated carbocycles. The third-order valence-corrected chi connectivity index (χ3v) is 5.34. The summed E-state index contributed by atoms with van der Waals surface area (Å²) in [6, 6.07) is 1.51. The van der Waals surface area contributed by atoms with Crippen LogP contribution in [-0.2, 0) is 20.7 Å². The van der Waals surface area contributed by atoms with Crippen molar-refractivity contribution in [1.29, 1.82) is 0 Å². The number of esters is 1. The first kappa shape index (κ1) is 23.1. The molecule has 0 fully saturated rings. The summed E-state index contributed by atoms with van der Waals surface area (Å²) < 4.78 is 16.3. The third-order valence-electron chi connectivity index (χ3n) is 5.34. The van der Waals surface area contributed by atoms with Gasteiger partial charge in [0.25, 0.3) is 0 Å². The average molecular weight is 406 g/mol. The van der Waals surface area contributed by atoms with Gasteiger partial charge in [-0.2, -0.15) is 0 Å².